The summed E-state index contributed by atoms with van der Waals surface area (Å²) in [6.45, 7) is 4.12. The number of rotatable bonds is 6. The molecule has 5 heteroatoms. The molecule has 0 aromatic heterocycles. The van der Waals surface area contributed by atoms with Gasteiger partial charge in [-0.25, -0.2) is 0 Å². The van der Waals surface area contributed by atoms with Gasteiger partial charge in [-0.2, -0.15) is 0 Å². The third kappa shape index (κ3) is 4.65. The molecule has 110 valence electrons. The van der Waals surface area contributed by atoms with Crippen LogP contribution in [0.25, 0.3) is 6.08 Å². The fraction of sp³-hybridized carbons (Fsp3) is 0.400. The lowest BCUT2D eigenvalue weighted by Gasteiger charge is -2.24. The summed E-state index contributed by atoms with van der Waals surface area (Å²) in [5.41, 5.74) is 0.822. The van der Waals surface area contributed by atoms with Crippen molar-refractivity contribution in [3.8, 4) is 5.75 Å². The molecule has 1 aromatic carbocycles. The summed E-state index contributed by atoms with van der Waals surface area (Å²) < 4.78 is 6.17. The topological polar surface area (TPSA) is 49.8 Å². The van der Waals surface area contributed by atoms with E-state index in [1.54, 1.807) is 18.1 Å². The predicted octanol–water partition coefficient (Wildman–Crippen LogP) is 2.70. The fourth-order valence-corrected chi connectivity index (χ4v) is 2.20. The van der Waals surface area contributed by atoms with Gasteiger partial charge in [0.1, 0.15) is 5.75 Å². The predicted molar refractivity (Wildman–Crippen MR) is 83.7 cm³/mol. The van der Waals surface area contributed by atoms with E-state index >= 15 is 0 Å². The van der Waals surface area contributed by atoms with Crippen molar-refractivity contribution in [3.05, 3.63) is 34.3 Å². The number of aliphatic hydroxyl groups is 1. The molecule has 0 aliphatic heterocycles. The van der Waals surface area contributed by atoms with Crippen molar-refractivity contribution < 1.29 is 14.6 Å². The van der Waals surface area contributed by atoms with Gasteiger partial charge in [-0.1, -0.05) is 15.9 Å². The number of halogens is 1. The van der Waals surface area contributed by atoms with Crippen LogP contribution in [0, 0.1) is 0 Å². The Morgan fingerprint density at radius 2 is 2.20 bits per heavy atom. The van der Waals surface area contributed by atoms with Crippen molar-refractivity contribution in [2.24, 2.45) is 0 Å². The smallest absolute Gasteiger partial charge is 0.246 e. The third-order valence-corrected chi connectivity index (χ3v) is 3.34. The van der Waals surface area contributed by atoms with Crippen molar-refractivity contribution in [2.75, 3.05) is 20.3 Å². The van der Waals surface area contributed by atoms with Crippen LogP contribution in [0.1, 0.15) is 19.4 Å². The molecule has 0 atom stereocenters. The van der Waals surface area contributed by atoms with E-state index in [4.69, 9.17) is 9.84 Å². The Morgan fingerprint density at radius 1 is 1.50 bits per heavy atom. The Morgan fingerprint density at radius 3 is 2.75 bits per heavy atom. The highest BCUT2D eigenvalue weighted by Gasteiger charge is 2.13. The van der Waals surface area contributed by atoms with E-state index in [1.807, 2.05) is 32.0 Å². The number of carbonyl (C=O) groups is 1. The summed E-state index contributed by atoms with van der Waals surface area (Å²) in [6, 6.07) is 5.64. The maximum absolute atomic E-state index is 12.1. The molecular weight excluding hydrogens is 322 g/mol. The van der Waals surface area contributed by atoms with Crippen molar-refractivity contribution in [1.29, 1.82) is 0 Å². The van der Waals surface area contributed by atoms with E-state index in [-0.39, 0.29) is 18.6 Å². The summed E-state index contributed by atoms with van der Waals surface area (Å²) in [5, 5.41) is 8.99. The second kappa shape index (κ2) is 8.07. The second-order valence-corrected chi connectivity index (χ2v) is 5.48. The lowest BCUT2D eigenvalue weighted by Crippen LogP contribution is -2.37. The standard InChI is InChI=1S/C15H20BrNO3/c1-11(2)17(8-9-18)15(19)7-4-12-10-13(16)5-6-14(12)20-3/h4-7,10-11,18H,8-9H2,1-3H3/b7-4+. The summed E-state index contributed by atoms with van der Waals surface area (Å²) in [4.78, 5) is 13.7. The van der Waals surface area contributed by atoms with Crippen LogP contribution in [0.4, 0.5) is 0 Å². The molecule has 0 saturated carbocycles. The van der Waals surface area contributed by atoms with Crippen LogP contribution in [0.15, 0.2) is 28.7 Å². The van der Waals surface area contributed by atoms with Crippen LogP contribution < -0.4 is 4.74 Å². The summed E-state index contributed by atoms with van der Waals surface area (Å²) in [6.07, 6.45) is 3.22. The number of benzene rings is 1. The lowest BCUT2D eigenvalue weighted by atomic mass is 10.2. The Kier molecular flexibility index (Phi) is 6.75. The minimum absolute atomic E-state index is 0.0437. The minimum Gasteiger partial charge on any atom is -0.496 e. The molecular formula is C15H20BrNO3. The molecule has 20 heavy (non-hydrogen) atoms. The summed E-state index contributed by atoms with van der Waals surface area (Å²) in [7, 11) is 1.59. The van der Waals surface area contributed by atoms with Crippen molar-refractivity contribution in [1.82, 2.24) is 4.90 Å². The number of hydrogen-bond donors (Lipinski definition) is 1. The molecule has 0 aliphatic carbocycles. The molecule has 1 amide bonds. The van der Waals surface area contributed by atoms with Gasteiger partial charge in [-0.3, -0.25) is 4.79 Å². The Balaban J connectivity index is 2.91. The average molecular weight is 342 g/mol. The molecule has 4 nitrogen and oxygen atoms in total. The van der Waals surface area contributed by atoms with Crippen molar-refractivity contribution in [2.45, 2.75) is 19.9 Å². The molecule has 0 saturated heterocycles. The first-order valence-electron chi connectivity index (χ1n) is 6.42. The monoisotopic (exact) mass is 341 g/mol. The molecule has 0 spiro atoms. The molecule has 1 aromatic rings. The van der Waals surface area contributed by atoms with Gasteiger partial charge >= 0.3 is 0 Å². The van der Waals surface area contributed by atoms with E-state index in [0.717, 1.165) is 10.0 Å². The van der Waals surface area contributed by atoms with Gasteiger partial charge in [-0.15, -0.1) is 0 Å². The Labute approximate surface area is 128 Å². The highest BCUT2D eigenvalue weighted by atomic mass is 79.9. The molecule has 0 fully saturated rings. The third-order valence-electron chi connectivity index (χ3n) is 2.84. The summed E-state index contributed by atoms with van der Waals surface area (Å²) >= 11 is 3.39. The molecule has 0 unspecified atom stereocenters. The fourth-order valence-electron chi connectivity index (χ4n) is 1.82. The highest BCUT2D eigenvalue weighted by Crippen LogP contribution is 2.24. The van der Waals surface area contributed by atoms with E-state index in [9.17, 15) is 4.79 Å². The van der Waals surface area contributed by atoms with Gasteiger partial charge in [0.15, 0.2) is 0 Å². The number of amides is 1. The van der Waals surface area contributed by atoms with Crippen LogP contribution in [-0.4, -0.2) is 42.2 Å². The largest absolute Gasteiger partial charge is 0.496 e. The molecule has 0 aliphatic rings. The van der Waals surface area contributed by atoms with E-state index in [0.29, 0.717) is 12.3 Å². The number of carbonyl (C=O) groups excluding carboxylic acids is 1. The maximum atomic E-state index is 12.1. The van der Waals surface area contributed by atoms with Crippen LogP contribution >= 0.6 is 15.9 Å². The van der Waals surface area contributed by atoms with Gasteiger partial charge in [0.25, 0.3) is 0 Å². The normalized spacial score (nSPS) is 11.1. The number of ether oxygens (including phenoxy) is 1. The first-order valence-corrected chi connectivity index (χ1v) is 7.22. The van der Waals surface area contributed by atoms with E-state index < -0.39 is 0 Å². The number of nitrogens with zero attached hydrogens (tertiary/aromatic N) is 1. The van der Waals surface area contributed by atoms with E-state index in [2.05, 4.69) is 15.9 Å². The molecule has 0 radical (unpaired) electrons. The lowest BCUT2D eigenvalue weighted by molar-refractivity contribution is -0.128. The molecule has 1 N–H and O–H groups in total. The zero-order valence-corrected chi connectivity index (χ0v) is 13.6. The number of hydrogen-bond acceptors (Lipinski definition) is 3. The van der Waals surface area contributed by atoms with Gasteiger partial charge in [0.05, 0.1) is 13.7 Å². The van der Waals surface area contributed by atoms with Crippen molar-refractivity contribution >= 4 is 27.9 Å². The zero-order chi connectivity index (χ0) is 15.1. The summed E-state index contributed by atoms with van der Waals surface area (Å²) in [5.74, 6) is 0.576. The molecule has 0 heterocycles. The number of aliphatic hydroxyl groups excluding tert-OH is 1. The molecule has 0 bridgehead atoms. The molecule has 1 rings (SSSR count). The second-order valence-electron chi connectivity index (χ2n) is 4.57. The van der Waals surface area contributed by atoms with Gasteiger partial charge in [-0.05, 0) is 38.1 Å². The van der Waals surface area contributed by atoms with Crippen LogP contribution in [-0.2, 0) is 4.79 Å². The Bertz CT molecular complexity index is 486. The van der Waals surface area contributed by atoms with Gasteiger partial charge < -0.3 is 14.7 Å². The first kappa shape index (κ1) is 16.7. The van der Waals surface area contributed by atoms with E-state index in [1.165, 1.54) is 6.08 Å². The van der Waals surface area contributed by atoms with Crippen LogP contribution in [0.5, 0.6) is 5.75 Å². The minimum atomic E-state index is -0.129. The first-order chi connectivity index (χ1) is 9.49. The average Bonchev–Trinajstić information content (AvgIpc) is 2.42. The number of methoxy groups -OCH3 is 1. The van der Waals surface area contributed by atoms with Gasteiger partial charge in [0.2, 0.25) is 5.91 Å². The van der Waals surface area contributed by atoms with Crippen LogP contribution in [0.3, 0.4) is 0 Å². The van der Waals surface area contributed by atoms with Crippen LogP contribution in [0.2, 0.25) is 0 Å². The van der Waals surface area contributed by atoms with Gasteiger partial charge in [0, 0.05) is 28.7 Å². The quantitative estimate of drug-likeness (QED) is 0.809. The Hall–Kier alpha value is -1.33. The van der Waals surface area contributed by atoms with Crippen molar-refractivity contribution in [3.63, 3.8) is 0 Å². The highest BCUT2D eigenvalue weighted by molar-refractivity contribution is 9.10. The SMILES string of the molecule is COc1ccc(Br)cc1/C=C/C(=O)N(CCO)C(C)C. The maximum Gasteiger partial charge on any atom is 0.246 e. The zero-order valence-electron chi connectivity index (χ0n) is 12.0.